The van der Waals surface area contributed by atoms with Crippen LogP contribution in [-0.2, 0) is 4.79 Å². The molecule has 0 spiro atoms. The van der Waals surface area contributed by atoms with Crippen molar-refractivity contribution in [2.45, 2.75) is 13.3 Å². The highest BCUT2D eigenvalue weighted by molar-refractivity contribution is 9.09. The van der Waals surface area contributed by atoms with Gasteiger partial charge in [0.15, 0.2) is 0 Å². The van der Waals surface area contributed by atoms with Crippen molar-refractivity contribution in [1.82, 2.24) is 5.32 Å². The van der Waals surface area contributed by atoms with E-state index in [1.54, 1.807) is 6.92 Å². The lowest BCUT2D eigenvalue weighted by Gasteiger charge is -2.03. The maximum absolute atomic E-state index is 10.8. The van der Waals surface area contributed by atoms with Gasteiger partial charge in [0.05, 0.1) is 12.0 Å². The van der Waals surface area contributed by atoms with Crippen molar-refractivity contribution in [3.8, 4) is 6.07 Å². The smallest absolute Gasteiger partial charge is 0.220 e. The van der Waals surface area contributed by atoms with Gasteiger partial charge >= 0.3 is 0 Å². The third-order valence-electron chi connectivity index (χ3n) is 1.15. The molecule has 0 aromatic heterocycles. The summed E-state index contributed by atoms with van der Waals surface area (Å²) in [6, 6.07) is 2.04. The van der Waals surface area contributed by atoms with Crippen LogP contribution in [0.2, 0.25) is 0 Å². The molecule has 1 amide bonds. The van der Waals surface area contributed by atoms with E-state index in [1.165, 1.54) is 0 Å². The fraction of sp³-hybridized carbons (Fsp3) is 0.714. The molecule has 0 aromatic rings. The number of amides is 1. The summed E-state index contributed by atoms with van der Waals surface area (Å²) < 4.78 is 0. The molecule has 0 saturated carbocycles. The van der Waals surface area contributed by atoms with Gasteiger partial charge in [0.1, 0.15) is 0 Å². The third kappa shape index (κ3) is 5.86. The molecule has 0 aliphatic rings. The summed E-state index contributed by atoms with van der Waals surface area (Å²) >= 11 is 3.15. The minimum atomic E-state index is -0.103. The Bertz CT molecular complexity index is 164. The zero-order chi connectivity index (χ0) is 8.69. The summed E-state index contributed by atoms with van der Waals surface area (Å²) in [5.41, 5.74) is 0. The van der Waals surface area contributed by atoms with Crippen LogP contribution in [0.4, 0.5) is 0 Å². The van der Waals surface area contributed by atoms with Gasteiger partial charge in [-0.15, -0.1) is 0 Å². The quantitative estimate of drug-likeness (QED) is 0.718. The minimum Gasteiger partial charge on any atom is -0.355 e. The molecule has 0 saturated heterocycles. The summed E-state index contributed by atoms with van der Waals surface area (Å²) in [5.74, 6) is -0.113. The number of hydrogen-bond donors (Lipinski definition) is 1. The summed E-state index contributed by atoms with van der Waals surface area (Å²) in [7, 11) is 0. The number of carbonyl (C=O) groups excluding carboxylic acids is 1. The molecule has 11 heavy (non-hydrogen) atoms. The highest BCUT2D eigenvalue weighted by Gasteiger charge is 2.02. The van der Waals surface area contributed by atoms with Crippen LogP contribution in [-0.4, -0.2) is 17.8 Å². The molecule has 0 radical (unpaired) electrons. The Morgan fingerprint density at radius 2 is 2.45 bits per heavy atom. The molecule has 0 heterocycles. The lowest BCUT2D eigenvalue weighted by molar-refractivity contribution is -0.120. The largest absolute Gasteiger partial charge is 0.355 e. The van der Waals surface area contributed by atoms with Gasteiger partial charge in [0, 0.05) is 18.3 Å². The zero-order valence-electron chi connectivity index (χ0n) is 6.43. The Balaban J connectivity index is 3.39. The number of nitrogens with zero attached hydrogens (tertiary/aromatic N) is 1. The van der Waals surface area contributed by atoms with E-state index in [9.17, 15) is 4.79 Å². The number of halogens is 1. The molecule has 1 unspecified atom stereocenters. The lowest BCUT2D eigenvalue weighted by Crippen LogP contribution is -2.27. The second-order valence-electron chi connectivity index (χ2n) is 2.27. The van der Waals surface area contributed by atoms with Crippen molar-refractivity contribution < 1.29 is 4.79 Å². The first-order valence-electron chi connectivity index (χ1n) is 3.43. The van der Waals surface area contributed by atoms with Gasteiger partial charge in [-0.25, -0.2) is 0 Å². The Morgan fingerprint density at radius 1 is 1.82 bits per heavy atom. The van der Waals surface area contributed by atoms with E-state index >= 15 is 0 Å². The number of nitrogens with one attached hydrogen (secondary N) is 1. The Hall–Kier alpha value is -0.560. The molecule has 0 aliphatic carbocycles. The Labute approximate surface area is 74.9 Å². The average molecular weight is 219 g/mol. The number of carbonyl (C=O) groups is 1. The molecule has 0 aliphatic heterocycles. The SMILES string of the molecule is CC(C#N)CNC(=O)CCBr. The van der Waals surface area contributed by atoms with Crippen molar-refractivity contribution in [2.75, 3.05) is 11.9 Å². The molecular formula is C7H11BrN2O. The summed E-state index contributed by atoms with van der Waals surface area (Å²) in [5, 5.41) is 11.7. The molecule has 3 nitrogen and oxygen atoms in total. The highest BCUT2D eigenvalue weighted by atomic mass is 79.9. The van der Waals surface area contributed by atoms with Crippen molar-refractivity contribution in [1.29, 1.82) is 5.26 Å². The van der Waals surface area contributed by atoms with Crippen LogP contribution in [0.15, 0.2) is 0 Å². The minimum absolute atomic E-state index is 0.0102. The van der Waals surface area contributed by atoms with Crippen LogP contribution in [0, 0.1) is 17.2 Å². The number of hydrogen-bond acceptors (Lipinski definition) is 2. The first-order chi connectivity index (χ1) is 5.20. The maximum atomic E-state index is 10.8. The van der Waals surface area contributed by atoms with E-state index in [0.29, 0.717) is 18.3 Å². The van der Waals surface area contributed by atoms with Crippen molar-refractivity contribution >= 4 is 21.8 Å². The average Bonchev–Trinajstić information content (AvgIpc) is 2.01. The molecular weight excluding hydrogens is 208 g/mol. The van der Waals surface area contributed by atoms with Crippen LogP contribution >= 0.6 is 15.9 Å². The van der Waals surface area contributed by atoms with E-state index < -0.39 is 0 Å². The maximum Gasteiger partial charge on any atom is 0.220 e. The molecule has 1 N–H and O–H groups in total. The Morgan fingerprint density at radius 3 is 2.91 bits per heavy atom. The van der Waals surface area contributed by atoms with Crippen LogP contribution in [0.25, 0.3) is 0 Å². The van der Waals surface area contributed by atoms with Gasteiger partial charge in [-0.1, -0.05) is 15.9 Å². The molecule has 4 heteroatoms. The molecule has 0 aromatic carbocycles. The van der Waals surface area contributed by atoms with Crippen LogP contribution < -0.4 is 5.32 Å². The number of alkyl halides is 1. The van der Waals surface area contributed by atoms with Crippen LogP contribution in [0.5, 0.6) is 0 Å². The fourth-order valence-corrected chi connectivity index (χ4v) is 0.847. The van der Waals surface area contributed by atoms with Gasteiger partial charge in [-0.3, -0.25) is 4.79 Å². The Kier molecular flexibility index (Phi) is 5.86. The van der Waals surface area contributed by atoms with E-state index in [-0.39, 0.29) is 11.8 Å². The fourth-order valence-electron chi connectivity index (χ4n) is 0.487. The van der Waals surface area contributed by atoms with Gasteiger partial charge < -0.3 is 5.32 Å². The second kappa shape index (κ2) is 6.17. The van der Waals surface area contributed by atoms with E-state index in [1.807, 2.05) is 6.07 Å². The van der Waals surface area contributed by atoms with Crippen LogP contribution in [0.3, 0.4) is 0 Å². The van der Waals surface area contributed by atoms with Gasteiger partial charge in [-0.05, 0) is 6.92 Å². The summed E-state index contributed by atoms with van der Waals surface area (Å²) in [4.78, 5) is 10.8. The predicted molar refractivity (Wildman–Crippen MR) is 46.2 cm³/mol. The highest BCUT2D eigenvalue weighted by Crippen LogP contribution is 1.90. The topological polar surface area (TPSA) is 52.9 Å². The number of nitriles is 1. The normalized spacial score (nSPS) is 11.7. The van der Waals surface area contributed by atoms with Crippen molar-refractivity contribution in [3.05, 3.63) is 0 Å². The molecule has 62 valence electrons. The summed E-state index contributed by atoms with van der Waals surface area (Å²) in [6.07, 6.45) is 0.470. The second-order valence-corrected chi connectivity index (χ2v) is 3.07. The summed E-state index contributed by atoms with van der Waals surface area (Å²) in [6.45, 7) is 2.22. The molecule has 1 atom stereocenters. The van der Waals surface area contributed by atoms with Crippen LogP contribution in [0.1, 0.15) is 13.3 Å². The standard InChI is InChI=1S/C7H11BrN2O/c1-6(4-9)5-10-7(11)2-3-8/h6H,2-3,5H2,1H3,(H,10,11). The molecule has 0 fully saturated rings. The van der Waals surface area contributed by atoms with Crippen molar-refractivity contribution in [3.63, 3.8) is 0 Å². The van der Waals surface area contributed by atoms with Gasteiger partial charge in [0.25, 0.3) is 0 Å². The predicted octanol–water partition coefficient (Wildman–Crippen LogP) is 1.05. The van der Waals surface area contributed by atoms with Gasteiger partial charge in [-0.2, -0.15) is 5.26 Å². The van der Waals surface area contributed by atoms with Crippen molar-refractivity contribution in [2.24, 2.45) is 5.92 Å². The molecule has 0 rings (SSSR count). The van der Waals surface area contributed by atoms with E-state index in [2.05, 4.69) is 21.2 Å². The van der Waals surface area contributed by atoms with E-state index in [0.717, 1.165) is 0 Å². The third-order valence-corrected chi connectivity index (χ3v) is 1.54. The number of rotatable bonds is 4. The monoisotopic (exact) mass is 218 g/mol. The molecule has 0 bridgehead atoms. The first kappa shape index (κ1) is 10.4. The van der Waals surface area contributed by atoms with Gasteiger partial charge in [0.2, 0.25) is 5.91 Å². The zero-order valence-corrected chi connectivity index (χ0v) is 8.02. The first-order valence-corrected chi connectivity index (χ1v) is 4.55. The van der Waals surface area contributed by atoms with E-state index in [4.69, 9.17) is 5.26 Å². The lowest BCUT2D eigenvalue weighted by atomic mass is 10.2.